The molecule has 194 valence electrons. The number of nitrogen functional groups attached to an aromatic ring is 1. The number of nitrogens with one attached hydrogen (secondary N) is 1. The molecule has 2 heterocycles. The number of rotatable bonds is 9. The topological polar surface area (TPSA) is 140 Å². The maximum Gasteiger partial charge on any atom is 0.247 e. The Morgan fingerprint density at radius 2 is 1.82 bits per heavy atom. The molecule has 9 nitrogen and oxygen atoms in total. The Hall–Kier alpha value is -4.28. The highest BCUT2D eigenvalue weighted by molar-refractivity contribution is 8.17. The van der Waals surface area contributed by atoms with Gasteiger partial charge in [0.25, 0.3) is 0 Å². The second-order valence-electron chi connectivity index (χ2n) is 8.35. The Labute approximate surface area is 224 Å². The van der Waals surface area contributed by atoms with Gasteiger partial charge in [0.2, 0.25) is 11.0 Å². The summed E-state index contributed by atoms with van der Waals surface area (Å²) in [5.74, 6) is 1.32. The van der Waals surface area contributed by atoms with E-state index in [1.54, 1.807) is 56.6 Å². The Morgan fingerprint density at radius 3 is 2.61 bits per heavy atom. The normalized spacial score (nSPS) is 11.7. The minimum absolute atomic E-state index is 0.128. The van der Waals surface area contributed by atoms with Crippen LogP contribution in [0.25, 0.3) is 10.9 Å². The van der Waals surface area contributed by atoms with Crippen LogP contribution in [0.1, 0.15) is 35.1 Å². The number of ether oxygens (including phenoxy) is 1. The third kappa shape index (κ3) is 6.34. The SMILES string of the molecule is C/C(C(=O)NCc1cnc(C)nc1N)=C(\CCO)SC(=O)c1ccccc1Oc1cccc2cccnc12. The monoisotopic (exact) mass is 529 g/mol. The van der Waals surface area contributed by atoms with Gasteiger partial charge in [0.05, 0.1) is 5.56 Å². The molecule has 0 unspecified atom stereocenters. The molecule has 0 aliphatic carbocycles. The lowest BCUT2D eigenvalue weighted by atomic mass is 10.2. The molecule has 10 heteroatoms. The van der Waals surface area contributed by atoms with Crippen molar-refractivity contribution in [2.45, 2.75) is 26.8 Å². The second-order valence-corrected chi connectivity index (χ2v) is 9.42. The van der Waals surface area contributed by atoms with Crippen LogP contribution in [0.3, 0.4) is 0 Å². The third-order valence-corrected chi connectivity index (χ3v) is 6.86. The maximum absolute atomic E-state index is 13.4. The van der Waals surface area contributed by atoms with Crippen LogP contribution in [-0.2, 0) is 11.3 Å². The van der Waals surface area contributed by atoms with Gasteiger partial charge in [-0.3, -0.25) is 14.6 Å². The van der Waals surface area contributed by atoms with Crippen LogP contribution >= 0.6 is 11.8 Å². The number of para-hydroxylation sites is 2. The van der Waals surface area contributed by atoms with Gasteiger partial charge in [-0.15, -0.1) is 0 Å². The lowest BCUT2D eigenvalue weighted by molar-refractivity contribution is -0.117. The number of thioether (sulfide) groups is 1. The number of pyridine rings is 1. The average Bonchev–Trinajstić information content (AvgIpc) is 2.92. The molecule has 0 atom stereocenters. The summed E-state index contributed by atoms with van der Waals surface area (Å²) in [5.41, 5.74) is 7.82. The molecule has 0 saturated heterocycles. The molecule has 2 aromatic carbocycles. The van der Waals surface area contributed by atoms with Crippen molar-refractivity contribution < 1.29 is 19.4 Å². The molecule has 4 N–H and O–H groups in total. The van der Waals surface area contributed by atoms with Gasteiger partial charge in [-0.25, -0.2) is 9.97 Å². The van der Waals surface area contributed by atoms with Crippen molar-refractivity contribution in [3.05, 3.63) is 94.4 Å². The highest BCUT2D eigenvalue weighted by Gasteiger charge is 2.20. The number of fused-ring (bicyclic) bond motifs is 1. The number of hydrogen-bond acceptors (Lipinski definition) is 9. The van der Waals surface area contributed by atoms with E-state index in [0.29, 0.717) is 44.4 Å². The van der Waals surface area contributed by atoms with Crippen molar-refractivity contribution in [2.75, 3.05) is 12.3 Å². The van der Waals surface area contributed by atoms with Crippen LogP contribution in [0.4, 0.5) is 5.82 Å². The number of aliphatic hydroxyl groups excluding tert-OH is 1. The number of hydrogen-bond donors (Lipinski definition) is 3. The van der Waals surface area contributed by atoms with E-state index in [9.17, 15) is 14.7 Å². The summed E-state index contributed by atoms with van der Waals surface area (Å²) >= 11 is 0.889. The van der Waals surface area contributed by atoms with Crippen LogP contribution in [0.5, 0.6) is 11.5 Å². The van der Waals surface area contributed by atoms with Crippen LogP contribution < -0.4 is 15.8 Å². The molecule has 4 aromatic rings. The van der Waals surface area contributed by atoms with Gasteiger partial charge in [-0.1, -0.05) is 42.1 Å². The van der Waals surface area contributed by atoms with Gasteiger partial charge in [-0.2, -0.15) is 0 Å². The average molecular weight is 530 g/mol. The van der Waals surface area contributed by atoms with Crippen molar-refractivity contribution in [1.82, 2.24) is 20.3 Å². The van der Waals surface area contributed by atoms with Gasteiger partial charge in [0.1, 0.15) is 22.9 Å². The molecule has 0 spiro atoms. The first-order valence-electron chi connectivity index (χ1n) is 11.9. The Bertz CT molecular complexity index is 1520. The number of nitrogens with zero attached hydrogens (tertiary/aromatic N) is 3. The zero-order valence-corrected chi connectivity index (χ0v) is 21.8. The first-order chi connectivity index (χ1) is 18.4. The molecule has 0 aliphatic heterocycles. The fraction of sp³-hybridized carbons (Fsp3) is 0.179. The van der Waals surface area contributed by atoms with Crippen LogP contribution in [0.2, 0.25) is 0 Å². The zero-order chi connectivity index (χ0) is 27.1. The molecule has 0 saturated carbocycles. The van der Waals surface area contributed by atoms with E-state index < -0.39 is 0 Å². The third-order valence-electron chi connectivity index (χ3n) is 5.69. The molecular weight excluding hydrogens is 502 g/mol. The minimum atomic E-state index is -0.389. The van der Waals surface area contributed by atoms with E-state index in [1.807, 2.05) is 24.3 Å². The summed E-state index contributed by atoms with van der Waals surface area (Å²) in [5, 5.41) is 13.0. The smallest absolute Gasteiger partial charge is 0.247 e. The van der Waals surface area contributed by atoms with E-state index in [4.69, 9.17) is 10.5 Å². The number of carbonyl (C=O) groups excluding carboxylic acids is 2. The van der Waals surface area contributed by atoms with E-state index in [-0.39, 0.29) is 36.4 Å². The van der Waals surface area contributed by atoms with Crippen molar-refractivity contribution in [1.29, 1.82) is 0 Å². The molecule has 0 radical (unpaired) electrons. The quantitative estimate of drug-likeness (QED) is 0.266. The lowest BCUT2D eigenvalue weighted by Gasteiger charge is -2.14. The first kappa shape index (κ1) is 26.8. The van der Waals surface area contributed by atoms with E-state index in [2.05, 4.69) is 20.3 Å². The Balaban J connectivity index is 1.53. The van der Waals surface area contributed by atoms with Gasteiger partial charge in [0.15, 0.2) is 5.75 Å². The molecule has 0 bridgehead atoms. The molecule has 4 rings (SSSR count). The Morgan fingerprint density at radius 1 is 1.05 bits per heavy atom. The number of benzene rings is 2. The lowest BCUT2D eigenvalue weighted by Crippen LogP contribution is -2.25. The number of aliphatic hydroxyl groups is 1. The molecule has 38 heavy (non-hydrogen) atoms. The molecular formula is C28H27N5O4S. The predicted octanol–water partition coefficient (Wildman–Crippen LogP) is 4.55. The maximum atomic E-state index is 13.4. The largest absolute Gasteiger partial charge is 0.454 e. The highest BCUT2D eigenvalue weighted by Crippen LogP contribution is 2.34. The summed E-state index contributed by atoms with van der Waals surface area (Å²) in [6.45, 7) is 3.24. The van der Waals surface area contributed by atoms with Gasteiger partial charge in [-0.05, 0) is 38.1 Å². The zero-order valence-electron chi connectivity index (χ0n) is 21.0. The summed E-state index contributed by atoms with van der Waals surface area (Å²) in [6, 6.07) is 16.2. The summed E-state index contributed by atoms with van der Waals surface area (Å²) in [7, 11) is 0. The van der Waals surface area contributed by atoms with Crippen LogP contribution in [0, 0.1) is 6.92 Å². The summed E-state index contributed by atoms with van der Waals surface area (Å²) in [4.78, 5) is 39.3. The van der Waals surface area contributed by atoms with Gasteiger partial charge in [0, 0.05) is 53.4 Å². The van der Waals surface area contributed by atoms with Gasteiger partial charge < -0.3 is 20.9 Å². The van der Waals surface area contributed by atoms with Crippen LogP contribution in [0.15, 0.2) is 77.5 Å². The van der Waals surface area contributed by atoms with Crippen molar-refractivity contribution >= 4 is 39.5 Å². The molecule has 0 aliphatic rings. The van der Waals surface area contributed by atoms with Crippen LogP contribution in [-0.4, -0.2) is 37.7 Å². The number of aromatic nitrogens is 3. The second kappa shape index (κ2) is 12.3. The van der Waals surface area contributed by atoms with Gasteiger partial charge >= 0.3 is 0 Å². The summed E-state index contributed by atoms with van der Waals surface area (Å²) < 4.78 is 6.14. The van der Waals surface area contributed by atoms with E-state index in [1.165, 1.54) is 0 Å². The van der Waals surface area contributed by atoms with E-state index >= 15 is 0 Å². The number of amides is 1. The fourth-order valence-corrected chi connectivity index (χ4v) is 4.61. The van der Waals surface area contributed by atoms with Crippen molar-refractivity contribution in [3.63, 3.8) is 0 Å². The first-order valence-corrected chi connectivity index (χ1v) is 12.7. The van der Waals surface area contributed by atoms with Crippen molar-refractivity contribution in [2.24, 2.45) is 0 Å². The standard InChI is InChI=1S/C28H27N5O4S/c1-17(27(35)32-16-20-15-31-18(2)33-26(20)29)24(12-14-34)38-28(36)21-9-3-4-10-22(21)37-23-11-5-7-19-8-6-13-30-25(19)23/h3-11,13,15,34H,12,14,16H2,1-2H3,(H,32,35)(H2,29,31,33)/b24-17-. The van der Waals surface area contributed by atoms with Crippen molar-refractivity contribution in [3.8, 4) is 11.5 Å². The molecule has 1 amide bonds. The summed E-state index contributed by atoms with van der Waals surface area (Å²) in [6.07, 6.45) is 3.39. The minimum Gasteiger partial charge on any atom is -0.454 e. The predicted molar refractivity (Wildman–Crippen MR) is 148 cm³/mol. The molecule has 2 aromatic heterocycles. The molecule has 0 fully saturated rings. The number of anilines is 1. The number of nitrogens with two attached hydrogens (primary N) is 1. The number of carbonyl (C=O) groups is 2. The van der Waals surface area contributed by atoms with E-state index in [0.717, 1.165) is 17.1 Å². The Kier molecular flexibility index (Phi) is 8.67. The number of aryl methyl sites for hydroxylation is 1. The fourth-order valence-electron chi connectivity index (χ4n) is 3.67. The highest BCUT2D eigenvalue weighted by atomic mass is 32.2.